The Morgan fingerprint density at radius 3 is 1.90 bits per heavy atom. The van der Waals surface area contributed by atoms with Crippen LogP contribution in [0, 0.1) is 17.6 Å². The number of carbonyl (C=O) groups excluding carboxylic acids is 1. The molecule has 0 aromatic heterocycles. The number of anilines is 1. The summed E-state index contributed by atoms with van der Waals surface area (Å²) >= 11 is 0. The van der Waals surface area contributed by atoms with Gasteiger partial charge in [-0.05, 0) is 72.5 Å². The molecule has 6 heteroatoms. The summed E-state index contributed by atoms with van der Waals surface area (Å²) in [6, 6.07) is 17.4. The number of aliphatic hydroxyl groups excluding tert-OH is 1. The Labute approximate surface area is 173 Å². The van der Waals surface area contributed by atoms with Crippen LogP contribution in [0.2, 0.25) is 0 Å². The molecule has 156 valence electrons. The predicted octanol–water partition coefficient (Wildman–Crippen LogP) is 5.15. The van der Waals surface area contributed by atoms with Gasteiger partial charge in [-0.1, -0.05) is 24.3 Å². The van der Waals surface area contributed by atoms with Gasteiger partial charge in [-0.2, -0.15) is 0 Å². The fraction of sp³-hybridized carbons (Fsp3) is 0.208. The SMILES string of the molecule is O=C[C@H](CC[C@H](O)c1ccc(F)cc1)[C@H](Nc1ccc(F)cc1)c1ccc(O)cc1. The van der Waals surface area contributed by atoms with Gasteiger partial charge in [0.05, 0.1) is 12.1 Å². The van der Waals surface area contributed by atoms with Gasteiger partial charge in [0, 0.05) is 11.6 Å². The van der Waals surface area contributed by atoms with Crippen molar-refractivity contribution >= 4 is 12.0 Å². The average molecular weight is 411 g/mol. The molecule has 30 heavy (non-hydrogen) atoms. The van der Waals surface area contributed by atoms with E-state index in [9.17, 15) is 23.8 Å². The zero-order valence-electron chi connectivity index (χ0n) is 16.2. The van der Waals surface area contributed by atoms with E-state index in [2.05, 4.69) is 5.32 Å². The van der Waals surface area contributed by atoms with Crippen LogP contribution in [0.15, 0.2) is 72.8 Å². The normalized spacial score (nSPS) is 14.0. The minimum atomic E-state index is -0.834. The number of halogens is 2. The van der Waals surface area contributed by atoms with Crippen molar-refractivity contribution in [3.8, 4) is 5.75 Å². The molecule has 0 amide bonds. The molecule has 0 heterocycles. The van der Waals surface area contributed by atoms with Gasteiger partial charge < -0.3 is 20.3 Å². The first-order chi connectivity index (χ1) is 14.5. The van der Waals surface area contributed by atoms with Gasteiger partial charge in [0.1, 0.15) is 23.7 Å². The third kappa shape index (κ3) is 5.64. The minimum Gasteiger partial charge on any atom is -0.508 e. The Hall–Kier alpha value is -3.25. The highest BCUT2D eigenvalue weighted by atomic mass is 19.1. The van der Waals surface area contributed by atoms with Gasteiger partial charge in [-0.15, -0.1) is 0 Å². The molecule has 0 aliphatic heterocycles. The van der Waals surface area contributed by atoms with E-state index in [-0.39, 0.29) is 17.4 Å². The Bertz CT molecular complexity index is 944. The second kappa shape index (κ2) is 9.98. The standard InChI is InChI=1S/C24H23F2NO3/c25-19-6-1-16(2-7-19)23(30)14-5-18(15-28)24(17-3-12-22(29)13-4-17)27-21-10-8-20(26)9-11-21/h1-4,6-13,15,18,23-24,27,29-30H,5,14H2/t18-,23-,24+/m0/s1. The molecule has 3 atom stereocenters. The number of hydrogen-bond donors (Lipinski definition) is 3. The maximum absolute atomic E-state index is 13.2. The van der Waals surface area contributed by atoms with E-state index in [1.165, 1.54) is 48.5 Å². The van der Waals surface area contributed by atoms with Crippen molar-refractivity contribution in [2.75, 3.05) is 5.32 Å². The topological polar surface area (TPSA) is 69.6 Å². The molecular weight excluding hydrogens is 388 g/mol. The quantitative estimate of drug-likeness (QED) is 0.426. The largest absolute Gasteiger partial charge is 0.508 e. The van der Waals surface area contributed by atoms with Crippen molar-refractivity contribution in [1.82, 2.24) is 0 Å². The molecule has 0 unspecified atom stereocenters. The smallest absolute Gasteiger partial charge is 0.125 e. The summed E-state index contributed by atoms with van der Waals surface area (Å²) in [5.74, 6) is -1.15. The van der Waals surface area contributed by atoms with Crippen molar-refractivity contribution in [2.45, 2.75) is 25.0 Å². The molecule has 3 rings (SSSR count). The number of carbonyl (C=O) groups is 1. The summed E-state index contributed by atoms with van der Waals surface area (Å²) < 4.78 is 26.3. The van der Waals surface area contributed by atoms with E-state index < -0.39 is 18.1 Å². The van der Waals surface area contributed by atoms with Crippen LogP contribution < -0.4 is 5.32 Å². The number of phenols is 1. The van der Waals surface area contributed by atoms with Crippen molar-refractivity contribution < 1.29 is 23.8 Å². The second-order valence-corrected chi connectivity index (χ2v) is 7.17. The third-order valence-electron chi connectivity index (χ3n) is 5.05. The summed E-state index contributed by atoms with van der Waals surface area (Å²) in [4.78, 5) is 11.9. The van der Waals surface area contributed by atoms with Crippen molar-refractivity contribution in [3.05, 3.63) is 95.6 Å². The molecule has 0 spiro atoms. The van der Waals surface area contributed by atoms with Gasteiger partial charge >= 0.3 is 0 Å². The van der Waals surface area contributed by atoms with E-state index in [0.717, 1.165) is 11.8 Å². The molecule has 0 saturated carbocycles. The second-order valence-electron chi connectivity index (χ2n) is 7.17. The first-order valence-electron chi connectivity index (χ1n) is 9.66. The first kappa shape index (κ1) is 21.5. The molecular formula is C24H23F2NO3. The number of nitrogens with one attached hydrogen (secondary N) is 1. The summed E-state index contributed by atoms with van der Waals surface area (Å²) in [6.45, 7) is 0. The molecule has 0 radical (unpaired) electrons. The zero-order valence-corrected chi connectivity index (χ0v) is 16.2. The number of aldehydes is 1. The van der Waals surface area contributed by atoms with E-state index in [1.54, 1.807) is 24.3 Å². The van der Waals surface area contributed by atoms with Crippen LogP contribution in [-0.4, -0.2) is 16.5 Å². The molecule has 0 fully saturated rings. The molecule has 4 nitrogen and oxygen atoms in total. The summed E-state index contributed by atoms with van der Waals surface area (Å²) in [6.07, 6.45) is 0.654. The maximum atomic E-state index is 13.2. The monoisotopic (exact) mass is 411 g/mol. The Morgan fingerprint density at radius 2 is 1.33 bits per heavy atom. The van der Waals surface area contributed by atoms with Gasteiger partial charge in [0.15, 0.2) is 0 Å². The van der Waals surface area contributed by atoms with Crippen LogP contribution in [-0.2, 0) is 4.79 Å². The Balaban J connectivity index is 1.78. The van der Waals surface area contributed by atoms with Crippen LogP contribution in [0.4, 0.5) is 14.5 Å². The van der Waals surface area contributed by atoms with E-state index in [4.69, 9.17) is 0 Å². The van der Waals surface area contributed by atoms with Crippen molar-refractivity contribution in [3.63, 3.8) is 0 Å². The van der Waals surface area contributed by atoms with E-state index >= 15 is 0 Å². The van der Waals surface area contributed by atoms with Crippen LogP contribution in [0.5, 0.6) is 5.75 Å². The lowest BCUT2D eigenvalue weighted by Gasteiger charge is -2.27. The highest BCUT2D eigenvalue weighted by Crippen LogP contribution is 2.32. The molecule has 0 bridgehead atoms. The highest BCUT2D eigenvalue weighted by Gasteiger charge is 2.24. The molecule has 3 N–H and O–H groups in total. The lowest BCUT2D eigenvalue weighted by Crippen LogP contribution is -2.23. The first-order valence-corrected chi connectivity index (χ1v) is 9.66. The number of aliphatic hydroxyl groups is 1. The van der Waals surface area contributed by atoms with Crippen LogP contribution in [0.1, 0.15) is 36.1 Å². The van der Waals surface area contributed by atoms with Crippen LogP contribution in [0.3, 0.4) is 0 Å². The number of phenolic OH excluding ortho intramolecular Hbond substituents is 1. The molecule has 3 aromatic carbocycles. The third-order valence-corrected chi connectivity index (χ3v) is 5.05. The number of rotatable bonds is 9. The minimum absolute atomic E-state index is 0.105. The van der Waals surface area contributed by atoms with Gasteiger partial charge in [-0.25, -0.2) is 8.78 Å². The number of hydrogen-bond acceptors (Lipinski definition) is 4. The maximum Gasteiger partial charge on any atom is 0.125 e. The van der Waals surface area contributed by atoms with E-state index in [1.807, 2.05) is 0 Å². The van der Waals surface area contributed by atoms with Crippen LogP contribution >= 0.6 is 0 Å². The van der Waals surface area contributed by atoms with Crippen LogP contribution in [0.25, 0.3) is 0 Å². The van der Waals surface area contributed by atoms with E-state index in [0.29, 0.717) is 24.1 Å². The summed E-state index contributed by atoms with van der Waals surface area (Å²) in [5.41, 5.74) is 1.99. The van der Waals surface area contributed by atoms with Gasteiger partial charge in [0.25, 0.3) is 0 Å². The lowest BCUT2D eigenvalue weighted by atomic mass is 9.88. The average Bonchev–Trinajstić information content (AvgIpc) is 2.75. The Kier molecular flexibility index (Phi) is 7.14. The predicted molar refractivity (Wildman–Crippen MR) is 111 cm³/mol. The summed E-state index contributed by atoms with van der Waals surface area (Å²) in [5, 5.41) is 23.3. The van der Waals surface area contributed by atoms with Gasteiger partial charge in [0.2, 0.25) is 0 Å². The number of benzene rings is 3. The lowest BCUT2D eigenvalue weighted by molar-refractivity contribution is -0.111. The van der Waals surface area contributed by atoms with Crippen molar-refractivity contribution in [1.29, 1.82) is 0 Å². The zero-order chi connectivity index (χ0) is 21.5. The van der Waals surface area contributed by atoms with Gasteiger partial charge in [-0.3, -0.25) is 0 Å². The molecule has 3 aromatic rings. The van der Waals surface area contributed by atoms with Crippen molar-refractivity contribution in [2.24, 2.45) is 5.92 Å². The highest BCUT2D eigenvalue weighted by molar-refractivity contribution is 5.59. The Morgan fingerprint density at radius 1 is 0.800 bits per heavy atom. The molecule has 0 aliphatic carbocycles. The molecule has 0 saturated heterocycles. The fourth-order valence-corrected chi connectivity index (χ4v) is 3.36. The number of aromatic hydroxyl groups is 1. The summed E-state index contributed by atoms with van der Waals surface area (Å²) in [7, 11) is 0. The fourth-order valence-electron chi connectivity index (χ4n) is 3.36. The molecule has 0 aliphatic rings.